The summed E-state index contributed by atoms with van der Waals surface area (Å²) in [5.74, 6) is 0.0410. The lowest BCUT2D eigenvalue weighted by molar-refractivity contribution is -0.122. The molecule has 3 N–H and O–H groups in total. The van der Waals surface area contributed by atoms with Gasteiger partial charge in [-0.15, -0.1) is 0 Å². The van der Waals surface area contributed by atoms with Crippen LogP contribution in [-0.2, 0) is 14.3 Å². The third kappa shape index (κ3) is 10.5. The minimum Gasteiger partial charge on any atom is -0.385 e. The van der Waals surface area contributed by atoms with Crippen LogP contribution in [0, 0.1) is 0 Å². The number of carbonyl (C=O) groups excluding carboxylic acids is 1. The lowest BCUT2D eigenvalue weighted by Gasteiger charge is -2.21. The smallest absolute Gasteiger partial charge is 0.234 e. The highest BCUT2D eigenvalue weighted by Gasteiger charge is 2.09. The summed E-state index contributed by atoms with van der Waals surface area (Å²) in [5, 5.41) is 2.87. The lowest BCUT2D eigenvalue weighted by atomic mass is 10.3. The van der Waals surface area contributed by atoms with E-state index in [4.69, 9.17) is 15.2 Å². The fourth-order valence-electron chi connectivity index (χ4n) is 1.51. The zero-order valence-corrected chi connectivity index (χ0v) is 11.6. The van der Waals surface area contributed by atoms with Crippen LogP contribution < -0.4 is 11.1 Å². The molecule has 0 saturated heterocycles. The molecule has 0 unspecified atom stereocenters. The number of hydrogen-bond donors (Lipinski definition) is 2. The normalized spacial score (nSPS) is 10.9. The van der Waals surface area contributed by atoms with Crippen LogP contribution in [0.1, 0.15) is 12.8 Å². The minimum atomic E-state index is 0.0410. The van der Waals surface area contributed by atoms with Crippen LogP contribution in [-0.4, -0.2) is 71.0 Å². The SMILES string of the molecule is COCCCNC(=O)CN(CCCN)CCOC. The molecule has 0 heterocycles. The Balaban J connectivity index is 3.78. The summed E-state index contributed by atoms with van der Waals surface area (Å²) in [6.45, 7) is 4.56. The van der Waals surface area contributed by atoms with Crippen molar-refractivity contribution in [3.8, 4) is 0 Å². The van der Waals surface area contributed by atoms with Gasteiger partial charge in [0.2, 0.25) is 5.91 Å². The number of methoxy groups -OCH3 is 2. The number of nitrogens with zero attached hydrogens (tertiary/aromatic N) is 1. The predicted octanol–water partition coefficient (Wildman–Crippen LogP) is -0.564. The van der Waals surface area contributed by atoms with Crippen molar-refractivity contribution in [1.29, 1.82) is 0 Å². The fraction of sp³-hybridized carbons (Fsp3) is 0.917. The quantitative estimate of drug-likeness (QED) is 0.460. The molecule has 1 amide bonds. The second-order valence-corrected chi connectivity index (χ2v) is 4.11. The van der Waals surface area contributed by atoms with E-state index in [1.165, 1.54) is 0 Å². The van der Waals surface area contributed by atoms with E-state index in [0.717, 1.165) is 25.9 Å². The fourth-order valence-corrected chi connectivity index (χ4v) is 1.51. The molecule has 0 aromatic carbocycles. The number of nitrogens with two attached hydrogens (primary N) is 1. The first-order valence-electron chi connectivity index (χ1n) is 6.41. The Bertz CT molecular complexity index is 195. The molecule has 0 radical (unpaired) electrons. The van der Waals surface area contributed by atoms with Gasteiger partial charge in [-0.2, -0.15) is 0 Å². The summed E-state index contributed by atoms with van der Waals surface area (Å²) in [7, 11) is 3.31. The van der Waals surface area contributed by atoms with Crippen molar-refractivity contribution in [2.75, 3.05) is 60.2 Å². The van der Waals surface area contributed by atoms with E-state index < -0.39 is 0 Å². The van der Waals surface area contributed by atoms with Gasteiger partial charge >= 0.3 is 0 Å². The van der Waals surface area contributed by atoms with Gasteiger partial charge in [0, 0.05) is 33.9 Å². The van der Waals surface area contributed by atoms with Crippen LogP contribution >= 0.6 is 0 Å². The zero-order chi connectivity index (χ0) is 13.6. The second-order valence-electron chi connectivity index (χ2n) is 4.11. The lowest BCUT2D eigenvalue weighted by Crippen LogP contribution is -2.40. The molecule has 6 heteroatoms. The van der Waals surface area contributed by atoms with Gasteiger partial charge < -0.3 is 20.5 Å². The first kappa shape index (κ1) is 17.3. The molecule has 18 heavy (non-hydrogen) atoms. The van der Waals surface area contributed by atoms with Gasteiger partial charge in [-0.25, -0.2) is 0 Å². The summed E-state index contributed by atoms with van der Waals surface area (Å²) in [4.78, 5) is 13.7. The molecule has 108 valence electrons. The summed E-state index contributed by atoms with van der Waals surface area (Å²) in [6, 6.07) is 0. The van der Waals surface area contributed by atoms with Gasteiger partial charge in [0.05, 0.1) is 13.2 Å². The third-order valence-electron chi connectivity index (χ3n) is 2.50. The second kappa shape index (κ2) is 12.8. The van der Waals surface area contributed by atoms with Crippen molar-refractivity contribution in [1.82, 2.24) is 10.2 Å². The average molecular weight is 261 g/mol. The summed E-state index contributed by atoms with van der Waals surface area (Å²) in [5.41, 5.74) is 5.48. The Morgan fingerprint density at radius 2 is 1.89 bits per heavy atom. The first-order valence-corrected chi connectivity index (χ1v) is 6.41. The Labute approximate surface area is 110 Å². The van der Waals surface area contributed by atoms with Crippen LogP contribution in [0.25, 0.3) is 0 Å². The standard InChI is InChI=1S/C12H27N3O3/c1-17-9-4-6-14-12(16)11-15(7-3-5-13)8-10-18-2/h3-11,13H2,1-2H3,(H,14,16). The third-order valence-corrected chi connectivity index (χ3v) is 2.50. The molecule has 0 aliphatic rings. The van der Waals surface area contributed by atoms with Gasteiger partial charge in [0.1, 0.15) is 0 Å². The topological polar surface area (TPSA) is 76.8 Å². The van der Waals surface area contributed by atoms with Crippen LogP contribution in [0.2, 0.25) is 0 Å². The highest BCUT2D eigenvalue weighted by Crippen LogP contribution is 1.91. The highest BCUT2D eigenvalue weighted by atomic mass is 16.5. The molecule has 0 aromatic heterocycles. The van der Waals surface area contributed by atoms with E-state index in [1.54, 1.807) is 14.2 Å². The van der Waals surface area contributed by atoms with Crippen molar-refractivity contribution in [2.45, 2.75) is 12.8 Å². The maximum absolute atomic E-state index is 11.7. The Hall–Kier alpha value is -0.690. The van der Waals surface area contributed by atoms with Gasteiger partial charge in [0.25, 0.3) is 0 Å². The number of nitrogens with one attached hydrogen (secondary N) is 1. The number of rotatable bonds is 12. The van der Waals surface area contributed by atoms with Gasteiger partial charge in [0.15, 0.2) is 0 Å². The largest absolute Gasteiger partial charge is 0.385 e. The Morgan fingerprint density at radius 3 is 2.50 bits per heavy atom. The van der Waals surface area contributed by atoms with Gasteiger partial charge in [-0.1, -0.05) is 0 Å². The van der Waals surface area contributed by atoms with E-state index >= 15 is 0 Å². The molecule has 6 nitrogen and oxygen atoms in total. The van der Waals surface area contributed by atoms with E-state index in [1.807, 2.05) is 0 Å². The molecule has 0 bridgehead atoms. The van der Waals surface area contributed by atoms with Crippen molar-refractivity contribution < 1.29 is 14.3 Å². The molecule has 0 atom stereocenters. The van der Waals surface area contributed by atoms with E-state index in [-0.39, 0.29) is 5.91 Å². The highest BCUT2D eigenvalue weighted by molar-refractivity contribution is 5.77. The van der Waals surface area contributed by atoms with E-state index in [0.29, 0.717) is 32.8 Å². The number of carbonyl (C=O) groups is 1. The van der Waals surface area contributed by atoms with Crippen molar-refractivity contribution in [2.24, 2.45) is 5.73 Å². The Kier molecular flexibility index (Phi) is 12.3. The van der Waals surface area contributed by atoms with Crippen LogP contribution in [0.3, 0.4) is 0 Å². The molecule has 0 aliphatic heterocycles. The van der Waals surface area contributed by atoms with E-state index in [2.05, 4.69) is 10.2 Å². The molecule has 0 spiro atoms. The van der Waals surface area contributed by atoms with Crippen molar-refractivity contribution >= 4 is 5.91 Å². The molecular formula is C12H27N3O3. The van der Waals surface area contributed by atoms with Crippen LogP contribution in [0.4, 0.5) is 0 Å². The van der Waals surface area contributed by atoms with Crippen molar-refractivity contribution in [3.63, 3.8) is 0 Å². The molecule has 0 aliphatic carbocycles. The number of hydrogen-bond acceptors (Lipinski definition) is 5. The first-order chi connectivity index (χ1) is 8.74. The molecule has 0 fully saturated rings. The molecule has 0 aromatic rings. The zero-order valence-electron chi connectivity index (χ0n) is 11.6. The predicted molar refractivity (Wildman–Crippen MR) is 71.5 cm³/mol. The monoisotopic (exact) mass is 261 g/mol. The number of amides is 1. The molecule has 0 rings (SSSR count). The number of ether oxygens (including phenoxy) is 2. The molecular weight excluding hydrogens is 234 g/mol. The molecule has 0 saturated carbocycles. The van der Waals surface area contributed by atoms with Gasteiger partial charge in [-0.3, -0.25) is 9.69 Å². The maximum atomic E-state index is 11.7. The van der Waals surface area contributed by atoms with Gasteiger partial charge in [-0.05, 0) is 25.9 Å². The van der Waals surface area contributed by atoms with Crippen LogP contribution in [0.5, 0.6) is 0 Å². The minimum absolute atomic E-state index is 0.0410. The summed E-state index contributed by atoms with van der Waals surface area (Å²) in [6.07, 6.45) is 1.73. The van der Waals surface area contributed by atoms with E-state index in [9.17, 15) is 4.79 Å². The van der Waals surface area contributed by atoms with Crippen LogP contribution in [0.15, 0.2) is 0 Å². The Morgan fingerprint density at radius 1 is 1.17 bits per heavy atom. The summed E-state index contributed by atoms with van der Waals surface area (Å²) < 4.78 is 9.94. The average Bonchev–Trinajstić information content (AvgIpc) is 2.38. The van der Waals surface area contributed by atoms with Crippen molar-refractivity contribution in [3.05, 3.63) is 0 Å². The maximum Gasteiger partial charge on any atom is 0.234 e. The summed E-state index contributed by atoms with van der Waals surface area (Å²) >= 11 is 0.